The lowest BCUT2D eigenvalue weighted by Crippen LogP contribution is -2.10. The van der Waals surface area contributed by atoms with E-state index in [1.807, 2.05) is 0 Å². The van der Waals surface area contributed by atoms with Crippen molar-refractivity contribution in [2.45, 2.75) is 6.18 Å². The van der Waals surface area contributed by atoms with Crippen LogP contribution in [0.25, 0.3) is 0 Å². The normalized spacial score (nSPS) is 11.4. The highest BCUT2D eigenvalue weighted by molar-refractivity contribution is 5.64. The highest BCUT2D eigenvalue weighted by Crippen LogP contribution is 2.37. The molecule has 2 aromatic rings. The third kappa shape index (κ3) is 2.98. The van der Waals surface area contributed by atoms with Crippen molar-refractivity contribution in [2.24, 2.45) is 0 Å². The second-order valence-electron chi connectivity index (χ2n) is 3.68. The largest absolute Gasteiger partial charge is 0.418 e. The second-order valence-corrected chi connectivity index (χ2v) is 3.68. The number of anilines is 2. The molecule has 1 aromatic carbocycles. The number of pyridine rings is 1. The Balaban J connectivity index is 2.45. The lowest BCUT2D eigenvalue weighted by atomic mass is 10.1. The number of alkyl halides is 3. The standard InChI is InChI=1S/C12H7F5N2/c13-7-4-8(6-18-5-7)19-11-9(12(15,16)17)2-1-3-10(11)14/h1-6,19H. The first-order valence-corrected chi connectivity index (χ1v) is 5.11. The van der Waals surface area contributed by atoms with Crippen LogP contribution in [0.4, 0.5) is 33.3 Å². The predicted molar refractivity (Wildman–Crippen MR) is 58.9 cm³/mol. The van der Waals surface area contributed by atoms with Crippen LogP contribution in [-0.2, 0) is 6.18 Å². The Kier molecular flexibility index (Phi) is 3.37. The lowest BCUT2D eigenvalue weighted by molar-refractivity contribution is -0.137. The maximum atomic E-state index is 13.5. The van der Waals surface area contributed by atoms with Gasteiger partial charge in [-0.2, -0.15) is 13.2 Å². The van der Waals surface area contributed by atoms with Crippen LogP contribution in [0.3, 0.4) is 0 Å². The van der Waals surface area contributed by atoms with Crippen LogP contribution in [-0.4, -0.2) is 4.98 Å². The molecule has 1 heterocycles. The minimum atomic E-state index is -4.72. The summed E-state index contributed by atoms with van der Waals surface area (Å²) in [6.45, 7) is 0. The Bertz CT molecular complexity index is 595. The molecule has 0 radical (unpaired) electrons. The van der Waals surface area contributed by atoms with Gasteiger partial charge in [0.15, 0.2) is 0 Å². The van der Waals surface area contributed by atoms with E-state index < -0.39 is 29.1 Å². The summed E-state index contributed by atoms with van der Waals surface area (Å²) in [5, 5.41) is 2.19. The fourth-order valence-corrected chi connectivity index (χ4v) is 1.51. The third-order valence-corrected chi connectivity index (χ3v) is 2.29. The molecule has 100 valence electrons. The molecule has 7 heteroatoms. The molecule has 0 unspecified atom stereocenters. The lowest BCUT2D eigenvalue weighted by Gasteiger charge is -2.15. The molecule has 0 amide bonds. The number of hydrogen-bond donors (Lipinski definition) is 1. The van der Waals surface area contributed by atoms with Crippen LogP contribution < -0.4 is 5.32 Å². The van der Waals surface area contributed by atoms with E-state index in [-0.39, 0.29) is 5.69 Å². The Hall–Kier alpha value is -2.18. The van der Waals surface area contributed by atoms with Gasteiger partial charge in [-0.1, -0.05) is 6.07 Å². The minimum absolute atomic E-state index is 0.0735. The summed E-state index contributed by atoms with van der Waals surface area (Å²) in [5.74, 6) is -1.83. The van der Waals surface area contributed by atoms with Gasteiger partial charge in [-0.25, -0.2) is 8.78 Å². The quantitative estimate of drug-likeness (QED) is 0.833. The number of nitrogens with zero attached hydrogens (tertiary/aromatic N) is 1. The highest BCUT2D eigenvalue weighted by Gasteiger charge is 2.34. The van der Waals surface area contributed by atoms with Crippen molar-refractivity contribution in [1.29, 1.82) is 0 Å². The van der Waals surface area contributed by atoms with Crippen molar-refractivity contribution in [2.75, 3.05) is 5.32 Å². The highest BCUT2D eigenvalue weighted by atomic mass is 19.4. The van der Waals surface area contributed by atoms with Gasteiger partial charge in [-0.3, -0.25) is 4.98 Å². The van der Waals surface area contributed by atoms with Crippen LogP contribution in [0.5, 0.6) is 0 Å². The van der Waals surface area contributed by atoms with Crippen LogP contribution in [0, 0.1) is 11.6 Å². The Morgan fingerprint density at radius 3 is 2.42 bits per heavy atom. The van der Waals surface area contributed by atoms with E-state index in [1.165, 1.54) is 0 Å². The molecule has 0 fully saturated rings. The Labute approximate surface area is 104 Å². The molecule has 0 bridgehead atoms. The van der Waals surface area contributed by atoms with Gasteiger partial charge in [-0.05, 0) is 12.1 Å². The Morgan fingerprint density at radius 1 is 1.05 bits per heavy atom. The van der Waals surface area contributed by atoms with E-state index in [0.29, 0.717) is 0 Å². The van der Waals surface area contributed by atoms with E-state index in [4.69, 9.17) is 0 Å². The number of para-hydroxylation sites is 1. The molecule has 0 saturated carbocycles. The van der Waals surface area contributed by atoms with Crippen molar-refractivity contribution < 1.29 is 22.0 Å². The fourth-order valence-electron chi connectivity index (χ4n) is 1.51. The Morgan fingerprint density at radius 2 is 1.79 bits per heavy atom. The smallest absolute Gasteiger partial charge is 0.351 e. The monoisotopic (exact) mass is 274 g/mol. The molecule has 1 aromatic heterocycles. The van der Waals surface area contributed by atoms with Crippen molar-refractivity contribution in [3.05, 3.63) is 53.9 Å². The first-order valence-electron chi connectivity index (χ1n) is 5.11. The molecular weight excluding hydrogens is 267 g/mol. The number of rotatable bonds is 2. The molecule has 1 N–H and O–H groups in total. The van der Waals surface area contributed by atoms with Gasteiger partial charge in [0, 0.05) is 6.07 Å². The molecular formula is C12H7F5N2. The molecule has 0 atom stereocenters. The summed E-state index contributed by atoms with van der Waals surface area (Å²) >= 11 is 0. The minimum Gasteiger partial charge on any atom is -0.351 e. The molecule has 19 heavy (non-hydrogen) atoms. The molecule has 2 nitrogen and oxygen atoms in total. The van der Waals surface area contributed by atoms with E-state index in [2.05, 4.69) is 10.3 Å². The number of benzene rings is 1. The van der Waals surface area contributed by atoms with E-state index in [0.717, 1.165) is 36.7 Å². The van der Waals surface area contributed by atoms with Gasteiger partial charge in [0.2, 0.25) is 0 Å². The van der Waals surface area contributed by atoms with E-state index in [9.17, 15) is 22.0 Å². The summed E-state index contributed by atoms with van der Waals surface area (Å²) in [5.41, 5.74) is -2.00. The van der Waals surface area contributed by atoms with Gasteiger partial charge < -0.3 is 5.32 Å². The van der Waals surface area contributed by atoms with Crippen molar-refractivity contribution in [3.8, 4) is 0 Å². The van der Waals surface area contributed by atoms with Crippen LogP contribution >= 0.6 is 0 Å². The maximum Gasteiger partial charge on any atom is 0.418 e. The second kappa shape index (κ2) is 4.83. The zero-order chi connectivity index (χ0) is 14.0. The van der Waals surface area contributed by atoms with Gasteiger partial charge in [0.25, 0.3) is 0 Å². The van der Waals surface area contributed by atoms with Gasteiger partial charge in [-0.15, -0.1) is 0 Å². The maximum absolute atomic E-state index is 13.5. The predicted octanol–water partition coefficient (Wildman–Crippen LogP) is 4.12. The number of halogens is 5. The van der Waals surface area contributed by atoms with Gasteiger partial charge in [0.1, 0.15) is 11.6 Å². The van der Waals surface area contributed by atoms with Crippen molar-refractivity contribution in [3.63, 3.8) is 0 Å². The van der Waals surface area contributed by atoms with Crippen LogP contribution in [0.15, 0.2) is 36.7 Å². The number of hydrogen-bond acceptors (Lipinski definition) is 2. The molecule has 2 rings (SSSR count). The zero-order valence-electron chi connectivity index (χ0n) is 9.30. The van der Waals surface area contributed by atoms with Crippen molar-refractivity contribution in [1.82, 2.24) is 4.98 Å². The van der Waals surface area contributed by atoms with E-state index in [1.54, 1.807) is 0 Å². The van der Waals surface area contributed by atoms with Crippen molar-refractivity contribution >= 4 is 11.4 Å². The molecule has 0 aliphatic heterocycles. The van der Waals surface area contributed by atoms with Gasteiger partial charge >= 0.3 is 6.18 Å². The summed E-state index contributed by atoms with van der Waals surface area (Å²) in [6.07, 6.45) is -2.74. The SMILES string of the molecule is Fc1cncc(Nc2c(F)cccc2C(F)(F)F)c1. The van der Waals surface area contributed by atoms with E-state index >= 15 is 0 Å². The topological polar surface area (TPSA) is 24.9 Å². The summed E-state index contributed by atoms with van der Waals surface area (Å²) in [4.78, 5) is 3.46. The molecule has 0 saturated heterocycles. The number of nitrogens with one attached hydrogen (secondary N) is 1. The molecule has 0 aliphatic carbocycles. The fraction of sp³-hybridized carbons (Fsp3) is 0.0833. The first kappa shape index (κ1) is 13.3. The average molecular weight is 274 g/mol. The van der Waals surface area contributed by atoms with Gasteiger partial charge in [0.05, 0.1) is 29.3 Å². The van der Waals surface area contributed by atoms with Crippen LogP contribution in [0.1, 0.15) is 5.56 Å². The first-order chi connectivity index (χ1) is 8.88. The number of aromatic nitrogens is 1. The summed E-state index contributed by atoms with van der Waals surface area (Å²) in [7, 11) is 0. The summed E-state index contributed by atoms with van der Waals surface area (Å²) in [6, 6.07) is 3.48. The van der Waals surface area contributed by atoms with Crippen LogP contribution in [0.2, 0.25) is 0 Å². The zero-order valence-corrected chi connectivity index (χ0v) is 9.30. The molecule has 0 spiro atoms. The average Bonchev–Trinajstić information content (AvgIpc) is 2.30. The molecule has 0 aliphatic rings. The summed E-state index contributed by atoms with van der Waals surface area (Å²) < 4.78 is 64.5. The third-order valence-electron chi connectivity index (χ3n) is 2.29.